The van der Waals surface area contributed by atoms with Crippen LogP contribution in [-0.4, -0.2) is 48.3 Å². The summed E-state index contributed by atoms with van der Waals surface area (Å²) >= 11 is 0. The van der Waals surface area contributed by atoms with Gasteiger partial charge in [0.15, 0.2) is 0 Å². The van der Waals surface area contributed by atoms with E-state index in [-0.39, 0.29) is 11.4 Å². The van der Waals surface area contributed by atoms with Crippen LogP contribution in [0.5, 0.6) is 5.75 Å². The van der Waals surface area contributed by atoms with Gasteiger partial charge >= 0.3 is 6.18 Å². The first-order valence-corrected chi connectivity index (χ1v) is 10.0. The van der Waals surface area contributed by atoms with E-state index < -0.39 is 11.7 Å². The summed E-state index contributed by atoms with van der Waals surface area (Å²) in [6.07, 6.45) is -3.44. The zero-order valence-corrected chi connectivity index (χ0v) is 17.1. The Balaban J connectivity index is 1.39. The normalized spacial score (nSPS) is 15.7. The van der Waals surface area contributed by atoms with E-state index in [9.17, 15) is 13.2 Å². The second kappa shape index (κ2) is 8.97. The molecule has 1 saturated heterocycles. The third-order valence-electron chi connectivity index (χ3n) is 5.30. The smallest absolute Gasteiger partial charge is 0.416 e. The molecule has 0 saturated carbocycles. The molecule has 1 fully saturated rings. The molecule has 0 unspecified atom stereocenters. The fourth-order valence-corrected chi connectivity index (χ4v) is 3.64. The van der Waals surface area contributed by atoms with E-state index in [0.29, 0.717) is 12.4 Å². The molecule has 164 valence electrons. The van der Waals surface area contributed by atoms with Gasteiger partial charge in [-0.3, -0.25) is 4.90 Å². The maximum atomic E-state index is 12.9. The van der Waals surface area contributed by atoms with Crippen molar-refractivity contribution in [1.29, 1.82) is 0 Å². The van der Waals surface area contributed by atoms with Crippen molar-refractivity contribution >= 4 is 5.69 Å². The zero-order valence-electron chi connectivity index (χ0n) is 17.1. The number of hydrogen-bond acceptors (Lipinski definition) is 6. The number of methoxy groups -OCH3 is 1. The molecular formula is C22H23F3N4O2. The highest BCUT2D eigenvalue weighted by molar-refractivity contribution is 5.55. The topological polar surface area (TPSA) is 54.6 Å². The van der Waals surface area contributed by atoms with Gasteiger partial charge in [-0.25, -0.2) is 0 Å². The molecule has 0 spiro atoms. The second-order valence-electron chi connectivity index (χ2n) is 7.41. The number of aromatic nitrogens is 2. The van der Waals surface area contributed by atoms with Crippen LogP contribution in [0, 0.1) is 0 Å². The molecule has 4 rings (SSSR count). The Hall–Kier alpha value is -3.07. The molecule has 0 aliphatic carbocycles. The van der Waals surface area contributed by atoms with Crippen LogP contribution in [0.2, 0.25) is 0 Å². The lowest BCUT2D eigenvalue weighted by molar-refractivity contribution is -0.137. The van der Waals surface area contributed by atoms with Crippen LogP contribution < -0.4 is 9.64 Å². The minimum atomic E-state index is -4.41. The Morgan fingerprint density at radius 3 is 2.58 bits per heavy atom. The summed E-state index contributed by atoms with van der Waals surface area (Å²) in [5.74, 6) is 1.38. The number of halogens is 3. The van der Waals surface area contributed by atoms with E-state index in [1.165, 1.54) is 6.07 Å². The third-order valence-corrected chi connectivity index (χ3v) is 5.30. The van der Waals surface area contributed by atoms with E-state index >= 15 is 0 Å². The standard InChI is InChI=1S/C22H23F3N4O2/c1-30-19-8-6-18(7-9-19)29-11-3-10-28(12-13-29)15-20-26-21(27-31-20)16-4-2-5-17(14-16)22(23,24)25/h2,4-9,14H,3,10-13,15H2,1H3. The van der Waals surface area contributed by atoms with Crippen molar-refractivity contribution in [3.63, 3.8) is 0 Å². The summed E-state index contributed by atoms with van der Waals surface area (Å²) in [7, 11) is 1.65. The summed E-state index contributed by atoms with van der Waals surface area (Å²) in [5, 5.41) is 3.87. The molecule has 0 radical (unpaired) electrons. The highest BCUT2D eigenvalue weighted by atomic mass is 19.4. The Bertz CT molecular complexity index is 1000. The van der Waals surface area contributed by atoms with Crippen molar-refractivity contribution in [2.45, 2.75) is 19.1 Å². The fraction of sp³-hybridized carbons (Fsp3) is 0.364. The lowest BCUT2D eigenvalue weighted by Gasteiger charge is -2.23. The number of anilines is 1. The number of ether oxygens (including phenoxy) is 1. The highest BCUT2D eigenvalue weighted by Gasteiger charge is 2.30. The molecule has 2 aromatic carbocycles. The first-order chi connectivity index (χ1) is 14.9. The maximum absolute atomic E-state index is 12.9. The molecule has 1 aliphatic rings. The Labute approximate surface area is 178 Å². The van der Waals surface area contributed by atoms with E-state index in [0.717, 1.165) is 56.2 Å². The predicted octanol–water partition coefficient (Wildman–Crippen LogP) is 4.48. The lowest BCUT2D eigenvalue weighted by Crippen LogP contribution is -2.30. The van der Waals surface area contributed by atoms with Gasteiger partial charge in [-0.15, -0.1) is 0 Å². The molecule has 1 aliphatic heterocycles. The first-order valence-electron chi connectivity index (χ1n) is 10.0. The van der Waals surface area contributed by atoms with Crippen molar-refractivity contribution in [3.05, 3.63) is 60.0 Å². The van der Waals surface area contributed by atoms with E-state index in [1.807, 2.05) is 24.3 Å². The number of benzene rings is 2. The average molecular weight is 432 g/mol. The molecule has 0 atom stereocenters. The number of nitrogens with zero attached hydrogens (tertiary/aromatic N) is 4. The lowest BCUT2D eigenvalue weighted by atomic mass is 10.1. The number of alkyl halides is 3. The number of hydrogen-bond donors (Lipinski definition) is 0. The first kappa shape index (κ1) is 21.2. The predicted molar refractivity (Wildman–Crippen MR) is 110 cm³/mol. The molecule has 3 aromatic rings. The maximum Gasteiger partial charge on any atom is 0.416 e. The molecule has 2 heterocycles. The van der Waals surface area contributed by atoms with Gasteiger partial charge in [0.05, 0.1) is 19.2 Å². The summed E-state index contributed by atoms with van der Waals surface area (Å²) in [4.78, 5) is 8.85. The van der Waals surface area contributed by atoms with Crippen LogP contribution >= 0.6 is 0 Å². The van der Waals surface area contributed by atoms with Crippen LogP contribution in [0.15, 0.2) is 53.1 Å². The largest absolute Gasteiger partial charge is 0.497 e. The van der Waals surface area contributed by atoms with Gasteiger partial charge in [-0.1, -0.05) is 17.3 Å². The SMILES string of the molecule is COc1ccc(N2CCCN(Cc3nc(-c4cccc(C(F)(F)F)c4)no3)CC2)cc1. The van der Waals surface area contributed by atoms with Crippen LogP contribution in [0.4, 0.5) is 18.9 Å². The summed E-state index contributed by atoms with van der Waals surface area (Å²) in [6, 6.07) is 12.9. The average Bonchev–Trinajstić information content (AvgIpc) is 3.11. The molecular weight excluding hydrogens is 409 g/mol. The molecule has 1 aromatic heterocycles. The summed E-state index contributed by atoms with van der Waals surface area (Å²) in [6.45, 7) is 3.92. The van der Waals surface area contributed by atoms with Crippen molar-refractivity contribution in [2.24, 2.45) is 0 Å². The zero-order chi connectivity index (χ0) is 21.8. The Kier molecular flexibility index (Phi) is 6.13. The van der Waals surface area contributed by atoms with Gasteiger partial charge < -0.3 is 14.2 Å². The summed E-state index contributed by atoms with van der Waals surface area (Å²) < 4.78 is 49.4. The van der Waals surface area contributed by atoms with Gasteiger partial charge in [0.25, 0.3) is 0 Å². The van der Waals surface area contributed by atoms with Gasteiger partial charge in [-0.05, 0) is 42.8 Å². The van der Waals surface area contributed by atoms with E-state index in [1.54, 1.807) is 13.2 Å². The molecule has 9 heteroatoms. The van der Waals surface area contributed by atoms with Gasteiger partial charge in [0.1, 0.15) is 5.75 Å². The summed E-state index contributed by atoms with van der Waals surface area (Å²) in [5.41, 5.74) is 0.695. The second-order valence-corrected chi connectivity index (χ2v) is 7.41. The Morgan fingerprint density at radius 1 is 1.03 bits per heavy atom. The van der Waals surface area contributed by atoms with E-state index in [2.05, 4.69) is 19.9 Å². The van der Waals surface area contributed by atoms with Crippen LogP contribution in [0.3, 0.4) is 0 Å². The monoisotopic (exact) mass is 432 g/mol. The Morgan fingerprint density at radius 2 is 1.84 bits per heavy atom. The van der Waals surface area contributed by atoms with Crippen molar-refractivity contribution in [3.8, 4) is 17.1 Å². The van der Waals surface area contributed by atoms with Crippen molar-refractivity contribution in [1.82, 2.24) is 15.0 Å². The van der Waals surface area contributed by atoms with Crippen LogP contribution in [0.25, 0.3) is 11.4 Å². The minimum Gasteiger partial charge on any atom is -0.497 e. The molecule has 0 bridgehead atoms. The molecule has 0 N–H and O–H groups in total. The number of rotatable bonds is 5. The fourth-order valence-electron chi connectivity index (χ4n) is 3.64. The van der Waals surface area contributed by atoms with Crippen LogP contribution in [-0.2, 0) is 12.7 Å². The molecule has 31 heavy (non-hydrogen) atoms. The highest BCUT2D eigenvalue weighted by Crippen LogP contribution is 2.31. The van der Waals surface area contributed by atoms with Gasteiger partial charge in [-0.2, -0.15) is 18.2 Å². The van der Waals surface area contributed by atoms with Crippen LogP contribution in [0.1, 0.15) is 17.9 Å². The minimum absolute atomic E-state index is 0.163. The van der Waals surface area contributed by atoms with Crippen molar-refractivity contribution in [2.75, 3.05) is 38.2 Å². The third kappa shape index (κ3) is 5.16. The van der Waals surface area contributed by atoms with Gasteiger partial charge in [0, 0.05) is 37.4 Å². The van der Waals surface area contributed by atoms with E-state index in [4.69, 9.17) is 9.26 Å². The quantitative estimate of drug-likeness (QED) is 0.593. The van der Waals surface area contributed by atoms with Gasteiger partial charge in [0.2, 0.25) is 11.7 Å². The van der Waals surface area contributed by atoms with Crippen molar-refractivity contribution < 1.29 is 22.4 Å². The molecule has 0 amide bonds. The molecule has 6 nitrogen and oxygen atoms in total.